The van der Waals surface area contributed by atoms with Crippen LogP contribution in [-0.2, 0) is 4.79 Å². The van der Waals surface area contributed by atoms with Crippen LogP contribution in [-0.4, -0.2) is 43.3 Å². The second kappa shape index (κ2) is 7.91. The molecule has 12 heteroatoms. The Balaban J connectivity index is 1.13. The molecule has 172 valence electrons. The highest BCUT2D eigenvalue weighted by atomic mass is 35.5. The van der Waals surface area contributed by atoms with E-state index in [-0.39, 0.29) is 34.4 Å². The highest BCUT2D eigenvalue weighted by molar-refractivity contribution is 6.30. The summed E-state index contributed by atoms with van der Waals surface area (Å²) in [6.07, 6.45) is 6.17. The number of aromatic nitrogens is 4. The number of anilines is 1. The molecule has 2 aromatic heterocycles. The first-order valence-electron chi connectivity index (χ1n) is 10.1. The van der Waals surface area contributed by atoms with Gasteiger partial charge in [0.25, 0.3) is 5.91 Å². The third-order valence-electron chi connectivity index (χ3n) is 5.83. The molecule has 3 aliphatic carbocycles. The average Bonchev–Trinajstić information content (AvgIpc) is 3.23. The molecular weight excluding hydrogens is 461 g/mol. The maximum absolute atomic E-state index is 13.5. The molecule has 8 nitrogen and oxygen atoms in total. The van der Waals surface area contributed by atoms with E-state index in [1.165, 1.54) is 24.5 Å². The highest BCUT2D eigenvalue weighted by Crippen LogP contribution is 2.61. The van der Waals surface area contributed by atoms with Crippen molar-refractivity contribution in [1.29, 1.82) is 0 Å². The van der Waals surface area contributed by atoms with Crippen LogP contribution >= 0.6 is 11.6 Å². The van der Waals surface area contributed by atoms with Crippen LogP contribution in [0.25, 0.3) is 11.3 Å². The van der Waals surface area contributed by atoms with Gasteiger partial charge in [-0.25, -0.2) is 19.0 Å². The van der Waals surface area contributed by atoms with E-state index in [1.54, 1.807) is 12.3 Å². The molecule has 6 rings (SSSR count). The molecule has 0 saturated heterocycles. The van der Waals surface area contributed by atoms with Gasteiger partial charge in [-0.15, -0.1) is 0 Å². The zero-order valence-corrected chi connectivity index (χ0v) is 17.8. The minimum Gasteiger partial charge on any atom is -0.484 e. The summed E-state index contributed by atoms with van der Waals surface area (Å²) in [7, 11) is 0. The van der Waals surface area contributed by atoms with Gasteiger partial charge in [0, 0.05) is 35.1 Å². The lowest BCUT2D eigenvalue weighted by molar-refractivity contribution is -0.135. The van der Waals surface area contributed by atoms with Gasteiger partial charge in [-0.2, -0.15) is 13.9 Å². The fraction of sp³-hybridized carbons (Fsp3) is 0.333. The average molecular weight is 479 g/mol. The molecule has 0 atom stereocenters. The van der Waals surface area contributed by atoms with Gasteiger partial charge in [-0.05, 0) is 37.5 Å². The first-order valence-corrected chi connectivity index (χ1v) is 10.5. The summed E-state index contributed by atoms with van der Waals surface area (Å²) >= 11 is 5.63. The van der Waals surface area contributed by atoms with E-state index in [0.717, 1.165) is 6.07 Å². The molecule has 3 aliphatic rings. The SMILES string of the molecule is O=C(COc1ccc(Cl)c(F)c1)NC12CC(Nc3nccc(-c4cnn(C(F)F)c4)n3)(C1)C2. The Morgan fingerprint density at radius 1 is 1.24 bits per heavy atom. The zero-order chi connectivity index (χ0) is 23.2. The van der Waals surface area contributed by atoms with Crippen molar-refractivity contribution >= 4 is 23.5 Å². The van der Waals surface area contributed by atoms with Crippen molar-refractivity contribution in [2.24, 2.45) is 0 Å². The normalized spacial score (nSPS) is 22.9. The van der Waals surface area contributed by atoms with E-state index >= 15 is 0 Å². The fourth-order valence-corrected chi connectivity index (χ4v) is 4.61. The van der Waals surface area contributed by atoms with E-state index in [4.69, 9.17) is 16.3 Å². The van der Waals surface area contributed by atoms with E-state index in [9.17, 15) is 18.0 Å². The molecule has 0 aliphatic heterocycles. The molecule has 3 saturated carbocycles. The lowest BCUT2D eigenvalue weighted by Gasteiger charge is -2.70. The largest absolute Gasteiger partial charge is 0.484 e. The van der Waals surface area contributed by atoms with Crippen LogP contribution in [0, 0.1) is 5.82 Å². The smallest absolute Gasteiger partial charge is 0.333 e. The van der Waals surface area contributed by atoms with Crippen LogP contribution in [0.5, 0.6) is 5.75 Å². The van der Waals surface area contributed by atoms with Crippen LogP contribution in [0.4, 0.5) is 19.1 Å². The molecule has 0 unspecified atom stereocenters. The summed E-state index contributed by atoms with van der Waals surface area (Å²) < 4.78 is 44.8. The number of amides is 1. The number of rotatable bonds is 8. The quantitative estimate of drug-likeness (QED) is 0.511. The van der Waals surface area contributed by atoms with E-state index in [2.05, 4.69) is 25.7 Å². The van der Waals surface area contributed by atoms with E-state index in [1.807, 2.05) is 0 Å². The number of carbonyl (C=O) groups excluding carboxylic acids is 1. The molecule has 0 radical (unpaired) electrons. The minimum atomic E-state index is -2.72. The number of alkyl halides is 2. The Bertz CT molecular complexity index is 1200. The van der Waals surface area contributed by atoms with Crippen LogP contribution < -0.4 is 15.4 Å². The summed E-state index contributed by atoms with van der Waals surface area (Å²) in [5.41, 5.74) is 0.404. The third-order valence-corrected chi connectivity index (χ3v) is 6.13. The van der Waals surface area contributed by atoms with Gasteiger partial charge in [0.15, 0.2) is 6.61 Å². The molecule has 2 bridgehead atoms. The van der Waals surface area contributed by atoms with Gasteiger partial charge < -0.3 is 15.4 Å². The minimum absolute atomic E-state index is 0.0174. The fourth-order valence-electron chi connectivity index (χ4n) is 4.49. The molecule has 33 heavy (non-hydrogen) atoms. The van der Waals surface area contributed by atoms with Gasteiger partial charge in [-0.3, -0.25) is 4.79 Å². The molecule has 2 heterocycles. The Labute approximate surface area is 191 Å². The monoisotopic (exact) mass is 478 g/mol. The summed E-state index contributed by atoms with van der Waals surface area (Å²) in [5.74, 6) is -0.312. The van der Waals surface area contributed by atoms with Crippen molar-refractivity contribution in [2.45, 2.75) is 36.9 Å². The summed E-state index contributed by atoms with van der Waals surface area (Å²) in [6, 6.07) is 5.60. The second-order valence-corrected chi connectivity index (χ2v) is 8.79. The standard InChI is InChI=1S/C21H18ClF3N6O2/c22-14-2-1-13(5-15(14)23)33-8-17(32)29-20-9-21(10-20,11-20)30-19-26-4-3-16(28-19)12-6-27-31(7-12)18(24)25/h1-7,18H,8-11H2,(H,29,32)(H,26,28,30). The maximum atomic E-state index is 13.5. The van der Waals surface area contributed by atoms with Gasteiger partial charge in [0.2, 0.25) is 5.95 Å². The lowest BCUT2D eigenvalue weighted by Crippen LogP contribution is -2.81. The molecule has 1 amide bonds. The van der Waals surface area contributed by atoms with Crippen LogP contribution in [0.1, 0.15) is 25.8 Å². The predicted molar refractivity (Wildman–Crippen MR) is 112 cm³/mol. The summed E-state index contributed by atoms with van der Waals surface area (Å²) in [5, 5.41) is 9.87. The molecule has 1 aromatic carbocycles. The Kier molecular flexibility index (Phi) is 5.15. The predicted octanol–water partition coefficient (Wildman–Crippen LogP) is 3.81. The van der Waals surface area contributed by atoms with Crippen molar-refractivity contribution in [3.05, 3.63) is 53.7 Å². The van der Waals surface area contributed by atoms with Crippen molar-refractivity contribution < 1.29 is 22.7 Å². The number of hydrogen-bond donors (Lipinski definition) is 2. The first-order chi connectivity index (χ1) is 15.7. The number of halogens is 4. The van der Waals surface area contributed by atoms with Crippen molar-refractivity contribution in [2.75, 3.05) is 11.9 Å². The van der Waals surface area contributed by atoms with Crippen LogP contribution in [0.2, 0.25) is 5.02 Å². The molecule has 2 N–H and O–H groups in total. The third kappa shape index (κ3) is 4.20. The molecule has 3 aromatic rings. The number of nitrogens with one attached hydrogen (secondary N) is 2. The van der Waals surface area contributed by atoms with Crippen molar-refractivity contribution in [3.8, 4) is 17.0 Å². The lowest BCUT2D eigenvalue weighted by atomic mass is 9.44. The Morgan fingerprint density at radius 3 is 2.73 bits per heavy atom. The second-order valence-electron chi connectivity index (χ2n) is 8.38. The topological polar surface area (TPSA) is 94.0 Å². The van der Waals surface area contributed by atoms with Gasteiger partial charge >= 0.3 is 6.55 Å². The van der Waals surface area contributed by atoms with Crippen LogP contribution in [0.3, 0.4) is 0 Å². The Hall–Kier alpha value is -3.34. The summed E-state index contributed by atoms with van der Waals surface area (Å²) in [4.78, 5) is 20.9. The number of nitrogens with zero attached hydrogens (tertiary/aromatic N) is 4. The van der Waals surface area contributed by atoms with E-state index < -0.39 is 12.4 Å². The van der Waals surface area contributed by atoms with Gasteiger partial charge in [-0.1, -0.05) is 11.6 Å². The molecule has 3 fully saturated rings. The number of hydrogen-bond acceptors (Lipinski definition) is 6. The summed E-state index contributed by atoms with van der Waals surface area (Å²) in [6.45, 7) is -2.95. The van der Waals surface area contributed by atoms with Crippen LogP contribution in [0.15, 0.2) is 42.9 Å². The molecular formula is C21H18ClF3N6O2. The van der Waals surface area contributed by atoms with Gasteiger partial charge in [0.05, 0.1) is 16.9 Å². The van der Waals surface area contributed by atoms with Crippen molar-refractivity contribution in [1.82, 2.24) is 25.1 Å². The number of benzene rings is 1. The van der Waals surface area contributed by atoms with Crippen molar-refractivity contribution in [3.63, 3.8) is 0 Å². The number of ether oxygens (including phenoxy) is 1. The zero-order valence-electron chi connectivity index (χ0n) is 17.1. The Morgan fingerprint density at radius 2 is 2.03 bits per heavy atom. The molecule has 0 spiro atoms. The van der Waals surface area contributed by atoms with Gasteiger partial charge in [0.1, 0.15) is 11.6 Å². The van der Waals surface area contributed by atoms with E-state index in [0.29, 0.717) is 41.1 Å². The maximum Gasteiger partial charge on any atom is 0.333 e. The highest BCUT2D eigenvalue weighted by Gasteiger charge is 2.69. The number of carbonyl (C=O) groups is 1. The first kappa shape index (κ1) is 21.5.